The second-order valence-corrected chi connectivity index (χ2v) is 3.91. The monoisotopic (exact) mass is 264 g/mol. The molecule has 0 unspecified atom stereocenters. The average Bonchev–Trinajstić information content (AvgIpc) is 2.38. The van der Waals surface area contributed by atoms with Crippen molar-refractivity contribution >= 4 is 11.6 Å². The van der Waals surface area contributed by atoms with Gasteiger partial charge in [-0.1, -0.05) is 6.07 Å². The lowest BCUT2D eigenvalue weighted by Gasteiger charge is -2.08. The lowest BCUT2D eigenvalue weighted by Crippen LogP contribution is -2.06. The molecule has 0 aliphatic heterocycles. The number of rotatable bonds is 5. The zero-order chi connectivity index (χ0) is 13.7. The van der Waals surface area contributed by atoms with Crippen molar-refractivity contribution < 1.29 is 8.78 Å². The van der Waals surface area contributed by atoms with Gasteiger partial charge < -0.3 is 10.6 Å². The van der Waals surface area contributed by atoms with Crippen molar-refractivity contribution in [2.24, 2.45) is 0 Å². The minimum Gasteiger partial charge on any atom is -0.369 e. The Hall–Kier alpha value is -2.24. The van der Waals surface area contributed by atoms with Crippen LogP contribution in [0.3, 0.4) is 0 Å². The normalized spacial score (nSPS) is 10.3. The van der Waals surface area contributed by atoms with Crippen LogP contribution in [0.25, 0.3) is 0 Å². The van der Waals surface area contributed by atoms with E-state index in [0.717, 1.165) is 12.6 Å². The van der Waals surface area contributed by atoms with Crippen LogP contribution in [0.15, 0.2) is 30.6 Å². The van der Waals surface area contributed by atoms with Crippen LogP contribution in [0.4, 0.5) is 20.4 Å². The highest BCUT2D eigenvalue weighted by Gasteiger charge is 2.04. The van der Waals surface area contributed by atoms with Gasteiger partial charge in [0.2, 0.25) is 0 Å². The highest BCUT2D eigenvalue weighted by Crippen LogP contribution is 2.12. The Morgan fingerprint density at radius 2 is 1.84 bits per heavy atom. The van der Waals surface area contributed by atoms with E-state index < -0.39 is 11.6 Å². The van der Waals surface area contributed by atoms with Gasteiger partial charge in [-0.05, 0) is 13.0 Å². The van der Waals surface area contributed by atoms with Crippen molar-refractivity contribution in [3.8, 4) is 0 Å². The average molecular weight is 264 g/mol. The van der Waals surface area contributed by atoms with Crippen molar-refractivity contribution in [2.45, 2.75) is 13.5 Å². The molecule has 2 rings (SSSR count). The number of nitrogens with zero attached hydrogens (tertiary/aromatic N) is 2. The summed E-state index contributed by atoms with van der Waals surface area (Å²) in [5.41, 5.74) is 0.372. The van der Waals surface area contributed by atoms with E-state index in [-0.39, 0.29) is 6.54 Å². The first-order chi connectivity index (χ1) is 9.19. The SMILES string of the molecule is CCNc1cncc(NCc2ccc(F)cc2F)n1. The van der Waals surface area contributed by atoms with Crippen LogP contribution in [0.1, 0.15) is 12.5 Å². The summed E-state index contributed by atoms with van der Waals surface area (Å²) >= 11 is 0. The summed E-state index contributed by atoms with van der Waals surface area (Å²) in [5.74, 6) is 0.00716. The molecule has 1 heterocycles. The summed E-state index contributed by atoms with van der Waals surface area (Å²) in [7, 11) is 0. The Kier molecular flexibility index (Phi) is 4.22. The van der Waals surface area contributed by atoms with Crippen molar-refractivity contribution in [3.63, 3.8) is 0 Å². The molecule has 4 nitrogen and oxygen atoms in total. The van der Waals surface area contributed by atoms with E-state index in [1.807, 2.05) is 6.92 Å². The quantitative estimate of drug-likeness (QED) is 0.872. The maximum atomic E-state index is 13.4. The summed E-state index contributed by atoms with van der Waals surface area (Å²) < 4.78 is 26.2. The van der Waals surface area contributed by atoms with Gasteiger partial charge in [0.25, 0.3) is 0 Å². The first-order valence-corrected chi connectivity index (χ1v) is 5.92. The van der Waals surface area contributed by atoms with Crippen molar-refractivity contribution in [2.75, 3.05) is 17.2 Å². The second-order valence-electron chi connectivity index (χ2n) is 3.91. The van der Waals surface area contributed by atoms with Crippen LogP contribution >= 0.6 is 0 Å². The number of halogens is 2. The van der Waals surface area contributed by atoms with Gasteiger partial charge in [0.05, 0.1) is 12.4 Å². The summed E-state index contributed by atoms with van der Waals surface area (Å²) in [6.07, 6.45) is 3.15. The Morgan fingerprint density at radius 1 is 1.11 bits per heavy atom. The first kappa shape index (κ1) is 13.2. The lowest BCUT2D eigenvalue weighted by atomic mass is 10.2. The molecule has 1 aromatic heterocycles. The molecule has 2 aromatic rings. The maximum Gasteiger partial charge on any atom is 0.147 e. The molecule has 0 fully saturated rings. The highest BCUT2D eigenvalue weighted by molar-refractivity contribution is 5.42. The molecule has 0 aliphatic rings. The number of hydrogen-bond donors (Lipinski definition) is 2. The molecular weight excluding hydrogens is 250 g/mol. The Morgan fingerprint density at radius 3 is 2.53 bits per heavy atom. The predicted molar refractivity (Wildman–Crippen MR) is 69.9 cm³/mol. The molecule has 6 heteroatoms. The van der Waals surface area contributed by atoms with Crippen molar-refractivity contribution in [3.05, 3.63) is 47.8 Å². The number of hydrogen-bond acceptors (Lipinski definition) is 4. The number of anilines is 2. The van der Waals surface area contributed by atoms with E-state index in [1.165, 1.54) is 12.1 Å². The fourth-order valence-electron chi connectivity index (χ4n) is 1.57. The van der Waals surface area contributed by atoms with Gasteiger partial charge >= 0.3 is 0 Å². The summed E-state index contributed by atoms with van der Waals surface area (Å²) in [6.45, 7) is 2.91. The molecule has 100 valence electrons. The Labute approximate surface area is 109 Å². The maximum absolute atomic E-state index is 13.4. The third-order valence-corrected chi connectivity index (χ3v) is 2.47. The van der Waals surface area contributed by atoms with Crippen LogP contribution < -0.4 is 10.6 Å². The minimum atomic E-state index is -0.588. The number of aromatic nitrogens is 2. The number of nitrogens with one attached hydrogen (secondary N) is 2. The van der Waals surface area contributed by atoms with Crippen LogP contribution in [0, 0.1) is 11.6 Å². The van der Waals surface area contributed by atoms with E-state index >= 15 is 0 Å². The summed E-state index contributed by atoms with van der Waals surface area (Å²) in [5, 5.41) is 5.97. The molecule has 0 atom stereocenters. The zero-order valence-electron chi connectivity index (χ0n) is 10.5. The molecular formula is C13H14F2N4. The Bertz CT molecular complexity index is 560. The van der Waals surface area contributed by atoms with Crippen LogP contribution in [-0.2, 0) is 6.54 Å². The number of benzene rings is 1. The molecule has 0 aliphatic carbocycles. The minimum absolute atomic E-state index is 0.219. The van der Waals surface area contributed by atoms with Crippen LogP contribution in [0.2, 0.25) is 0 Å². The molecule has 0 saturated carbocycles. The van der Waals surface area contributed by atoms with Crippen molar-refractivity contribution in [1.29, 1.82) is 0 Å². The van der Waals surface area contributed by atoms with Gasteiger partial charge in [-0.25, -0.2) is 13.8 Å². The molecule has 1 aromatic carbocycles. The summed E-state index contributed by atoms with van der Waals surface area (Å²) in [4.78, 5) is 8.25. The molecule has 0 saturated heterocycles. The van der Waals surface area contributed by atoms with Gasteiger partial charge in [-0.2, -0.15) is 0 Å². The molecule has 0 amide bonds. The smallest absolute Gasteiger partial charge is 0.147 e. The van der Waals surface area contributed by atoms with Gasteiger partial charge in [0.15, 0.2) is 0 Å². The molecule has 0 spiro atoms. The molecule has 2 N–H and O–H groups in total. The van der Waals surface area contributed by atoms with E-state index in [0.29, 0.717) is 17.2 Å². The zero-order valence-corrected chi connectivity index (χ0v) is 10.5. The van der Waals surface area contributed by atoms with Gasteiger partial charge in [-0.15, -0.1) is 0 Å². The molecule has 19 heavy (non-hydrogen) atoms. The third-order valence-electron chi connectivity index (χ3n) is 2.47. The van der Waals surface area contributed by atoms with E-state index in [9.17, 15) is 8.78 Å². The molecule has 0 radical (unpaired) electrons. The third kappa shape index (κ3) is 3.61. The fraction of sp³-hybridized carbons (Fsp3) is 0.231. The predicted octanol–water partition coefficient (Wildman–Crippen LogP) is 2.80. The Balaban J connectivity index is 2.03. The van der Waals surface area contributed by atoms with Gasteiger partial charge in [-0.3, -0.25) is 4.98 Å². The molecule has 0 bridgehead atoms. The topological polar surface area (TPSA) is 49.8 Å². The van der Waals surface area contributed by atoms with Crippen LogP contribution in [-0.4, -0.2) is 16.5 Å². The van der Waals surface area contributed by atoms with Crippen LogP contribution in [0.5, 0.6) is 0 Å². The first-order valence-electron chi connectivity index (χ1n) is 5.92. The van der Waals surface area contributed by atoms with E-state index in [1.54, 1.807) is 12.4 Å². The summed E-state index contributed by atoms with van der Waals surface area (Å²) in [6, 6.07) is 3.48. The fourth-order valence-corrected chi connectivity index (χ4v) is 1.57. The van der Waals surface area contributed by atoms with Gasteiger partial charge in [0, 0.05) is 24.7 Å². The standard InChI is InChI=1S/C13H14F2N4/c1-2-17-12-7-16-8-13(19-12)18-6-9-3-4-10(14)5-11(9)15/h3-5,7-8H,2,6H2,1H3,(H2,17,18,19). The second kappa shape index (κ2) is 6.08. The van der Waals surface area contributed by atoms with E-state index in [4.69, 9.17) is 0 Å². The largest absolute Gasteiger partial charge is 0.369 e. The van der Waals surface area contributed by atoms with Gasteiger partial charge in [0.1, 0.15) is 23.3 Å². The lowest BCUT2D eigenvalue weighted by molar-refractivity contribution is 0.574. The highest BCUT2D eigenvalue weighted by atomic mass is 19.1. The van der Waals surface area contributed by atoms with Crippen molar-refractivity contribution in [1.82, 2.24) is 9.97 Å². The van der Waals surface area contributed by atoms with E-state index in [2.05, 4.69) is 20.6 Å².